The lowest BCUT2D eigenvalue weighted by Crippen LogP contribution is -2.46. The maximum Gasteiger partial charge on any atom is 0.258 e. The molecule has 0 aromatic heterocycles. The topological polar surface area (TPSA) is 38.3 Å². The summed E-state index contributed by atoms with van der Waals surface area (Å²) in [6.45, 7) is 3.63. The van der Waals surface area contributed by atoms with Gasteiger partial charge in [0.25, 0.3) is 5.91 Å². The number of hydrogen-bond donors (Lipinski definition) is 1. The zero-order valence-electron chi connectivity index (χ0n) is 9.80. The van der Waals surface area contributed by atoms with E-state index in [2.05, 4.69) is 5.32 Å². The minimum Gasteiger partial charge on any atom is -0.484 e. The molecule has 0 saturated carbocycles. The molecule has 17 heavy (non-hydrogen) atoms. The Labute approximate surface area is 111 Å². The van der Waals surface area contributed by atoms with Gasteiger partial charge in [0.15, 0.2) is 6.61 Å². The van der Waals surface area contributed by atoms with Crippen LogP contribution in [0.3, 0.4) is 0 Å². The lowest BCUT2D eigenvalue weighted by atomic mass is 10.1. The monoisotopic (exact) mass is 275 g/mol. The van der Waals surface area contributed by atoms with Crippen molar-refractivity contribution in [3.8, 4) is 5.75 Å². The summed E-state index contributed by atoms with van der Waals surface area (Å²) < 4.78 is 5.30. The minimum absolute atomic E-state index is 0.0549. The lowest BCUT2D eigenvalue weighted by molar-refractivity contribution is -0.124. The molecule has 3 nitrogen and oxygen atoms in total. The number of carbonyl (C=O) groups is 1. The van der Waals surface area contributed by atoms with Crippen LogP contribution in [0.25, 0.3) is 0 Å². The number of amides is 1. The van der Waals surface area contributed by atoms with Gasteiger partial charge in [-0.1, -0.05) is 17.7 Å². The van der Waals surface area contributed by atoms with E-state index in [4.69, 9.17) is 27.9 Å². The van der Waals surface area contributed by atoms with Crippen molar-refractivity contribution < 1.29 is 9.53 Å². The van der Waals surface area contributed by atoms with E-state index in [1.165, 1.54) is 0 Å². The third-order valence-electron chi connectivity index (χ3n) is 1.98. The number of alkyl halides is 1. The Bertz CT molecular complexity index is 394. The third-order valence-corrected chi connectivity index (χ3v) is 2.88. The highest BCUT2D eigenvalue weighted by Gasteiger charge is 2.18. The average molecular weight is 276 g/mol. The number of ether oxygens (including phenoxy) is 1. The van der Waals surface area contributed by atoms with Crippen LogP contribution in [0.4, 0.5) is 0 Å². The molecule has 0 aliphatic rings. The van der Waals surface area contributed by atoms with Gasteiger partial charge in [-0.25, -0.2) is 0 Å². The summed E-state index contributed by atoms with van der Waals surface area (Å²) >= 11 is 11.5. The molecule has 0 atom stereocenters. The van der Waals surface area contributed by atoms with E-state index < -0.39 is 5.54 Å². The van der Waals surface area contributed by atoms with Crippen LogP contribution in [0.5, 0.6) is 5.75 Å². The molecule has 0 fully saturated rings. The van der Waals surface area contributed by atoms with Gasteiger partial charge in [0.2, 0.25) is 0 Å². The molecule has 1 N–H and O–H groups in total. The fraction of sp³-hybridized carbons (Fsp3) is 0.417. The Kier molecular flexibility index (Phi) is 5.09. The van der Waals surface area contributed by atoms with Crippen LogP contribution in [0.15, 0.2) is 24.3 Å². The van der Waals surface area contributed by atoms with Crippen molar-refractivity contribution in [2.45, 2.75) is 19.4 Å². The summed E-state index contributed by atoms with van der Waals surface area (Å²) in [6.07, 6.45) is 0. The molecule has 1 aromatic carbocycles. The molecule has 0 unspecified atom stereocenters. The van der Waals surface area contributed by atoms with Crippen LogP contribution < -0.4 is 10.1 Å². The van der Waals surface area contributed by atoms with Gasteiger partial charge in [-0.3, -0.25) is 4.79 Å². The fourth-order valence-electron chi connectivity index (χ4n) is 1.15. The highest BCUT2D eigenvalue weighted by Crippen LogP contribution is 2.16. The summed E-state index contributed by atoms with van der Waals surface area (Å²) in [5.41, 5.74) is -0.434. The summed E-state index contributed by atoms with van der Waals surface area (Å²) in [5, 5.41) is 3.34. The van der Waals surface area contributed by atoms with Crippen LogP contribution in [0.1, 0.15) is 13.8 Å². The molecule has 1 amide bonds. The number of carbonyl (C=O) groups excluding carboxylic acids is 1. The Morgan fingerprint density at radius 1 is 1.47 bits per heavy atom. The second-order valence-electron chi connectivity index (χ2n) is 4.31. The van der Waals surface area contributed by atoms with Gasteiger partial charge in [-0.15, -0.1) is 11.6 Å². The fourth-order valence-corrected chi connectivity index (χ4v) is 1.40. The van der Waals surface area contributed by atoms with E-state index in [1.807, 2.05) is 13.8 Å². The highest BCUT2D eigenvalue weighted by atomic mass is 35.5. The summed E-state index contributed by atoms with van der Waals surface area (Å²) in [6, 6.07) is 6.90. The summed E-state index contributed by atoms with van der Waals surface area (Å²) in [5.74, 6) is 0.697. The smallest absolute Gasteiger partial charge is 0.258 e. The van der Waals surface area contributed by atoms with Crippen molar-refractivity contribution in [2.24, 2.45) is 0 Å². The van der Waals surface area contributed by atoms with Crippen LogP contribution in [0.2, 0.25) is 5.02 Å². The first-order valence-electron chi connectivity index (χ1n) is 5.18. The largest absolute Gasteiger partial charge is 0.484 e. The van der Waals surface area contributed by atoms with Crippen LogP contribution in [-0.2, 0) is 4.79 Å². The van der Waals surface area contributed by atoms with E-state index in [0.717, 1.165) is 0 Å². The zero-order chi connectivity index (χ0) is 12.9. The summed E-state index contributed by atoms with van der Waals surface area (Å²) in [4.78, 5) is 11.5. The van der Waals surface area contributed by atoms with E-state index in [-0.39, 0.29) is 12.5 Å². The maximum absolute atomic E-state index is 11.5. The van der Waals surface area contributed by atoms with Crippen molar-refractivity contribution in [1.29, 1.82) is 0 Å². The Morgan fingerprint density at radius 3 is 2.76 bits per heavy atom. The Hall–Kier alpha value is -0.930. The van der Waals surface area contributed by atoms with Gasteiger partial charge in [0.05, 0.1) is 0 Å². The number of rotatable bonds is 5. The van der Waals surface area contributed by atoms with E-state index in [9.17, 15) is 4.79 Å². The standard InChI is InChI=1S/C12H15Cl2NO2/c1-12(2,8-13)15-11(16)7-17-10-5-3-4-9(14)6-10/h3-6H,7-8H2,1-2H3,(H,15,16). The van der Waals surface area contributed by atoms with Crippen molar-refractivity contribution in [1.82, 2.24) is 5.32 Å². The van der Waals surface area contributed by atoms with Crippen molar-refractivity contribution in [3.05, 3.63) is 29.3 Å². The number of benzene rings is 1. The molecule has 0 aliphatic heterocycles. The number of hydrogen-bond acceptors (Lipinski definition) is 2. The first-order chi connectivity index (χ1) is 7.93. The van der Waals surface area contributed by atoms with Crippen molar-refractivity contribution in [2.75, 3.05) is 12.5 Å². The predicted molar refractivity (Wildman–Crippen MR) is 69.9 cm³/mol. The van der Waals surface area contributed by atoms with Crippen molar-refractivity contribution >= 4 is 29.1 Å². The maximum atomic E-state index is 11.5. The van der Waals surface area contributed by atoms with E-state index in [0.29, 0.717) is 16.7 Å². The minimum atomic E-state index is -0.434. The molecule has 0 aliphatic carbocycles. The molecule has 0 radical (unpaired) electrons. The van der Waals surface area contributed by atoms with E-state index >= 15 is 0 Å². The first kappa shape index (κ1) is 14.1. The first-order valence-corrected chi connectivity index (χ1v) is 6.09. The second kappa shape index (κ2) is 6.12. The number of nitrogens with one attached hydrogen (secondary N) is 1. The van der Waals surface area contributed by atoms with Crippen LogP contribution >= 0.6 is 23.2 Å². The van der Waals surface area contributed by atoms with Gasteiger partial charge in [-0.2, -0.15) is 0 Å². The SMILES string of the molecule is CC(C)(CCl)NC(=O)COc1cccc(Cl)c1. The molecule has 1 rings (SSSR count). The molecular weight excluding hydrogens is 261 g/mol. The molecule has 5 heteroatoms. The quantitative estimate of drug-likeness (QED) is 0.840. The predicted octanol–water partition coefficient (Wildman–Crippen LogP) is 2.85. The van der Waals surface area contributed by atoms with Crippen molar-refractivity contribution in [3.63, 3.8) is 0 Å². The highest BCUT2D eigenvalue weighted by molar-refractivity contribution is 6.30. The van der Waals surface area contributed by atoms with Gasteiger partial charge >= 0.3 is 0 Å². The number of halogens is 2. The third kappa shape index (κ3) is 5.29. The molecule has 0 saturated heterocycles. The molecule has 0 spiro atoms. The van der Waals surface area contributed by atoms with Gasteiger partial charge in [-0.05, 0) is 32.0 Å². The molecule has 0 bridgehead atoms. The molecule has 94 valence electrons. The van der Waals surface area contributed by atoms with Crippen LogP contribution in [0, 0.1) is 0 Å². The summed E-state index contributed by atoms with van der Waals surface area (Å²) in [7, 11) is 0. The molecule has 1 aromatic rings. The Balaban J connectivity index is 2.44. The van der Waals surface area contributed by atoms with E-state index in [1.54, 1.807) is 24.3 Å². The Morgan fingerprint density at radius 2 is 2.18 bits per heavy atom. The lowest BCUT2D eigenvalue weighted by Gasteiger charge is -2.23. The molecular formula is C12H15Cl2NO2. The zero-order valence-corrected chi connectivity index (χ0v) is 11.3. The average Bonchev–Trinajstić information content (AvgIpc) is 2.26. The normalized spacial score (nSPS) is 11.1. The van der Waals surface area contributed by atoms with Gasteiger partial charge in [0, 0.05) is 16.4 Å². The second-order valence-corrected chi connectivity index (χ2v) is 5.02. The van der Waals surface area contributed by atoms with Gasteiger partial charge < -0.3 is 10.1 Å². The van der Waals surface area contributed by atoms with Crippen LogP contribution in [-0.4, -0.2) is 23.9 Å². The molecule has 0 heterocycles. The van der Waals surface area contributed by atoms with Gasteiger partial charge in [0.1, 0.15) is 5.75 Å².